The van der Waals surface area contributed by atoms with E-state index < -0.39 is 101 Å². The zero-order valence-corrected chi connectivity index (χ0v) is 86.4. The molecule has 0 radical (unpaired) electrons. The lowest BCUT2D eigenvalue weighted by Crippen LogP contribution is -2.29. The molecule has 141 heavy (non-hydrogen) atoms. The van der Waals surface area contributed by atoms with Gasteiger partial charge in [-0.15, -0.1) is 0 Å². The third-order valence-electron chi connectivity index (χ3n) is 23.2. The van der Waals surface area contributed by atoms with Gasteiger partial charge in [0.2, 0.25) is 0 Å². The van der Waals surface area contributed by atoms with Crippen LogP contribution in [0.15, 0.2) is 360 Å². The summed E-state index contributed by atoms with van der Waals surface area (Å²) in [7, 11) is -19.4. The molecule has 24 nitrogen and oxygen atoms in total. The monoisotopic (exact) mass is 2290 g/mol. The van der Waals surface area contributed by atoms with Crippen molar-refractivity contribution < 1.29 is 87.1 Å². The van der Waals surface area contributed by atoms with Gasteiger partial charge in [0.05, 0.1) is 77.1 Å². The molecule has 0 unspecified atom stereocenters. The largest absolute Gasteiger partial charge is 0.505 e. The number of anilines is 3. The van der Waals surface area contributed by atoms with Gasteiger partial charge in [0.1, 0.15) is 24.5 Å². The number of carbonyl (C=O) groups is 2. The molecule has 17 aromatic rings. The Kier molecular flexibility index (Phi) is 30.0. The van der Waals surface area contributed by atoms with Crippen LogP contribution < -0.4 is 12.9 Å². The lowest BCUT2D eigenvalue weighted by atomic mass is 10.0. The zero-order valence-electron chi connectivity index (χ0n) is 73.0. The van der Waals surface area contributed by atoms with Crippen molar-refractivity contribution in [3.8, 4) is 84.5 Å². The highest BCUT2D eigenvalue weighted by Gasteiger charge is 2.39. The summed E-state index contributed by atoms with van der Waals surface area (Å²) in [4.78, 5) is 21.5. The molecular formula is C103H74Br3Cl6N5O19S5. The van der Waals surface area contributed by atoms with Gasteiger partial charge in [0.15, 0.2) is 28.7 Å². The quantitative estimate of drug-likeness (QED) is 0.0461. The number of sulfonamides is 3. The number of fused-ring (bicyclic) bond motifs is 5. The number of hydrogen-bond donors (Lipinski definition) is 6. The summed E-state index contributed by atoms with van der Waals surface area (Å²) >= 11 is 45.6. The number of ether oxygens (including phenoxy) is 1. The minimum absolute atomic E-state index is 0.0135. The molecule has 3 aliphatic heterocycles. The average Bonchev–Trinajstić information content (AvgIpc) is 1.59. The molecule has 718 valence electrons. The average molecular weight is 2300 g/mol. The van der Waals surface area contributed by atoms with Crippen molar-refractivity contribution >= 4 is 218 Å². The van der Waals surface area contributed by atoms with E-state index >= 15 is 0 Å². The van der Waals surface area contributed by atoms with Crippen LogP contribution in [-0.2, 0) is 74.1 Å². The summed E-state index contributed by atoms with van der Waals surface area (Å²) in [6.45, 7) is 0.721. The van der Waals surface area contributed by atoms with E-state index in [1.165, 1.54) is 72.7 Å². The Balaban J connectivity index is 0.000000127. The van der Waals surface area contributed by atoms with Crippen molar-refractivity contribution in [1.29, 1.82) is 0 Å². The predicted octanol–water partition coefficient (Wildman–Crippen LogP) is 25.6. The molecule has 3 aliphatic rings. The van der Waals surface area contributed by atoms with Crippen molar-refractivity contribution in [2.45, 2.75) is 43.7 Å². The molecule has 0 spiro atoms. The number of methoxy groups -OCH3 is 1. The topological polar surface area (TPSA) is 355 Å². The fourth-order valence-corrected chi connectivity index (χ4v) is 28.1. The van der Waals surface area contributed by atoms with Crippen molar-refractivity contribution in [2.75, 3.05) is 39.7 Å². The number of aromatic nitrogens is 2. The molecule has 0 saturated heterocycles. The molecule has 0 atom stereocenters. The second-order valence-corrected chi connectivity index (χ2v) is 46.1. The molecule has 6 N–H and O–H groups in total. The second kappa shape index (κ2) is 41.7. The number of carboxylic acids is 1. The number of phenolic OH excluding ortho intramolecular Hbond substituents is 5. The molecule has 0 fully saturated rings. The van der Waals surface area contributed by atoms with E-state index in [9.17, 15) is 82.3 Å². The first-order chi connectivity index (χ1) is 67.1. The molecule has 0 aliphatic carbocycles. The van der Waals surface area contributed by atoms with Crippen LogP contribution in [-0.4, -0.2) is 119 Å². The van der Waals surface area contributed by atoms with Crippen LogP contribution in [0.5, 0.6) is 28.7 Å². The van der Waals surface area contributed by atoms with E-state index in [4.69, 9.17) is 69.6 Å². The van der Waals surface area contributed by atoms with Gasteiger partial charge in [0, 0.05) is 55.0 Å². The fraction of sp³-hybridized carbons (Fsp3) is 0.0680. The number of carbonyl (C=O) groups excluding carboxylic acids is 1. The molecule has 38 heteroatoms. The second-order valence-electron chi connectivity index (χ2n) is 31.8. The minimum atomic E-state index is -4.22. The lowest BCUT2D eigenvalue weighted by Gasteiger charge is -2.21. The zero-order chi connectivity index (χ0) is 101. The standard InChI is InChI=1S/C22H18ClNO5S.C21H16ClNO5S.C20H12BrCl2NO3S.C20H15BrClNO3S.C20H13BrClNO3S/c1-29-22(26)17-11-18(23)21(25)20(13-17)30(27,28)24-10-9-15-7-8-16(12-19(15)24)14-5-3-2-4-6-14;22-17-10-16(21(25)26)12-19(20(17)24)29(27,28)23-9-8-14-6-7-15(11-18(14)23)13-4-2-1-3-5-13;21-14-10-16(23)20(25)19(11-14)28(26,27)24-17-7-6-15(22)8-13(17)9-18(24)12-4-2-1-3-5-12;2*21-16-11-17(22)20(24)19(12-16)27(25,26)23-9-8-14-6-7-15(10-18(14)23)13-4-2-1-3-5-13/h2-8,11-13,25H,9-10H2,1H3;1-7,10-12,24H,8-9H2,(H,25,26);1-11,25H;1-7,10-12,24H,8-9H2;1-12,24H. The summed E-state index contributed by atoms with van der Waals surface area (Å²) < 4.78 is 146. The molecule has 15 aromatic carbocycles. The maximum Gasteiger partial charge on any atom is 0.337 e. The van der Waals surface area contributed by atoms with E-state index in [1.807, 2.05) is 218 Å². The van der Waals surface area contributed by atoms with Crippen molar-refractivity contribution in [2.24, 2.45) is 0 Å². The number of nitrogens with zero attached hydrogens (tertiary/aromatic N) is 5. The number of aromatic hydroxyl groups is 5. The van der Waals surface area contributed by atoms with E-state index in [0.717, 1.165) is 88.8 Å². The van der Waals surface area contributed by atoms with E-state index in [0.29, 0.717) is 89.0 Å². The summed E-state index contributed by atoms with van der Waals surface area (Å²) in [6.07, 6.45) is 3.14. The van der Waals surface area contributed by atoms with Gasteiger partial charge in [0.25, 0.3) is 50.1 Å². The van der Waals surface area contributed by atoms with Crippen LogP contribution in [0.4, 0.5) is 17.1 Å². The Hall–Kier alpha value is -12.4. The molecule has 5 heterocycles. The summed E-state index contributed by atoms with van der Waals surface area (Å²) in [5, 5.41) is 61.9. The van der Waals surface area contributed by atoms with Crippen LogP contribution in [0.1, 0.15) is 37.4 Å². The molecule has 0 amide bonds. The van der Waals surface area contributed by atoms with Crippen molar-refractivity contribution in [1.82, 2.24) is 7.94 Å². The van der Waals surface area contributed by atoms with Crippen molar-refractivity contribution in [3.05, 3.63) is 393 Å². The lowest BCUT2D eigenvalue weighted by molar-refractivity contribution is 0.0599. The minimum Gasteiger partial charge on any atom is -0.505 e. The van der Waals surface area contributed by atoms with Crippen LogP contribution in [0.3, 0.4) is 0 Å². The third-order valence-corrected chi connectivity index (χ3v) is 35.1. The maximum absolute atomic E-state index is 13.6. The first kappa shape index (κ1) is 102. The highest BCUT2D eigenvalue weighted by Crippen LogP contribution is 2.48. The van der Waals surface area contributed by atoms with E-state index in [-0.39, 0.29) is 64.0 Å². The first-order valence-corrected chi connectivity index (χ1v) is 54.1. The van der Waals surface area contributed by atoms with E-state index in [2.05, 4.69) is 52.5 Å². The highest BCUT2D eigenvalue weighted by atomic mass is 79.9. The Morgan fingerprint density at radius 1 is 0.312 bits per heavy atom. The van der Waals surface area contributed by atoms with E-state index in [1.54, 1.807) is 36.4 Å². The maximum atomic E-state index is 13.6. The highest BCUT2D eigenvalue weighted by molar-refractivity contribution is 9.11. The van der Waals surface area contributed by atoms with Gasteiger partial charge in [-0.25, -0.2) is 59.6 Å². The summed E-state index contributed by atoms with van der Waals surface area (Å²) in [5.41, 5.74) is 13.6. The number of rotatable bonds is 17. The van der Waals surface area contributed by atoms with Gasteiger partial charge in [-0.3, -0.25) is 12.9 Å². The first-order valence-electron chi connectivity index (χ1n) is 42.2. The summed E-state index contributed by atoms with van der Waals surface area (Å²) in [5.74, 6) is -4.76. The van der Waals surface area contributed by atoms with Crippen LogP contribution in [0.25, 0.3) is 77.6 Å². The number of halogens is 9. The van der Waals surface area contributed by atoms with Crippen LogP contribution in [0, 0.1) is 0 Å². The Morgan fingerprint density at radius 2 is 0.638 bits per heavy atom. The molecule has 20 rings (SSSR count). The SMILES string of the molecule is COC(=O)c1cc(Cl)c(O)c(S(=O)(=O)N2CCc3ccc(-c4ccccc4)cc32)c1.O=C(O)c1cc(Cl)c(O)c(S(=O)(=O)N2CCc3ccc(-c4ccccc4)cc32)c1.O=S(=O)(c1cc(Br)cc(Cl)c1O)N1CCc2ccc(-c3ccccc3)cc21.O=S(=O)(c1cc(Br)cc(Cl)c1O)n1c(-c2ccccc2)cc2cc(Cl)ccc21.O=S(=O)(c1cc(Br)cc(Cl)c1O)n1ccc2ccc(-c3ccccc3)cc21. The fourth-order valence-electron chi connectivity index (χ4n) is 16.3. The van der Waals surface area contributed by atoms with Crippen LogP contribution >= 0.6 is 117 Å². The van der Waals surface area contributed by atoms with Crippen molar-refractivity contribution in [3.63, 3.8) is 0 Å². The smallest absolute Gasteiger partial charge is 0.337 e. The normalized spacial score (nSPS) is 12.8. The number of benzene rings is 15. The Labute approximate surface area is 865 Å². The third kappa shape index (κ3) is 20.9. The molecule has 0 saturated carbocycles. The molecule has 2 aromatic heterocycles. The van der Waals surface area contributed by atoms with Gasteiger partial charge in [-0.1, -0.05) is 318 Å². The number of carboxylic acid groups (broad SMARTS) is 1. The number of hydrogen-bond acceptors (Lipinski definition) is 18. The van der Waals surface area contributed by atoms with Crippen LogP contribution in [0.2, 0.25) is 30.1 Å². The number of esters is 1. The Morgan fingerprint density at radius 3 is 1.01 bits per heavy atom. The van der Waals surface area contributed by atoms with Gasteiger partial charge in [-0.2, -0.15) is 0 Å². The number of phenols is 5. The summed E-state index contributed by atoms with van der Waals surface area (Å²) in [6, 6.07) is 91.6. The van der Waals surface area contributed by atoms with Gasteiger partial charge < -0.3 is 35.4 Å². The number of aromatic carboxylic acids is 1. The Bertz CT molecular complexity index is 8470. The van der Waals surface area contributed by atoms with Gasteiger partial charge >= 0.3 is 11.9 Å². The molecule has 0 bridgehead atoms. The molecular weight excluding hydrogens is 2220 g/mol. The van der Waals surface area contributed by atoms with Gasteiger partial charge in [-0.05, 0) is 201 Å². The predicted molar refractivity (Wildman–Crippen MR) is 562 cm³/mol.